The van der Waals surface area contributed by atoms with Crippen LogP contribution in [-0.4, -0.2) is 54.8 Å². The van der Waals surface area contributed by atoms with Crippen molar-refractivity contribution in [3.63, 3.8) is 0 Å². The Morgan fingerprint density at radius 3 is 2.16 bits per heavy atom. The molecule has 0 bridgehead atoms. The van der Waals surface area contributed by atoms with Gasteiger partial charge in [-0.05, 0) is 32.6 Å². The van der Waals surface area contributed by atoms with Crippen LogP contribution < -0.4 is 0 Å². The summed E-state index contributed by atoms with van der Waals surface area (Å²) in [7, 11) is 3.09. The third kappa shape index (κ3) is 2.83. The first-order chi connectivity index (χ1) is 8.74. The van der Waals surface area contributed by atoms with Gasteiger partial charge in [0.25, 0.3) is 0 Å². The third-order valence-corrected chi connectivity index (χ3v) is 3.72. The standard InChI is InChI=1S/C13H22N2O4/c1-13(2,3)19-12(17)15-6-8-9(7-15)10(8)11(16)14(4)18-5/h8-10H,6-7H2,1-5H3/t8-,9+,10+. The van der Waals surface area contributed by atoms with Gasteiger partial charge in [-0.15, -0.1) is 0 Å². The zero-order valence-electron chi connectivity index (χ0n) is 12.2. The topological polar surface area (TPSA) is 59.1 Å². The van der Waals surface area contributed by atoms with E-state index in [-0.39, 0.29) is 29.8 Å². The number of hydrogen-bond donors (Lipinski definition) is 0. The highest BCUT2D eigenvalue weighted by Crippen LogP contribution is 2.52. The van der Waals surface area contributed by atoms with Crippen LogP contribution in [0.1, 0.15) is 20.8 Å². The molecule has 2 aliphatic rings. The minimum absolute atomic E-state index is 0.00124. The van der Waals surface area contributed by atoms with Crippen LogP contribution in [0, 0.1) is 17.8 Å². The number of ether oxygens (including phenoxy) is 1. The van der Waals surface area contributed by atoms with Crippen LogP contribution >= 0.6 is 0 Å². The molecule has 2 fully saturated rings. The van der Waals surface area contributed by atoms with E-state index >= 15 is 0 Å². The summed E-state index contributed by atoms with van der Waals surface area (Å²) in [6.45, 7) is 6.76. The quantitative estimate of drug-likeness (QED) is 0.706. The van der Waals surface area contributed by atoms with Crippen molar-refractivity contribution in [3.05, 3.63) is 0 Å². The molecule has 108 valence electrons. The molecule has 1 aliphatic heterocycles. The Hall–Kier alpha value is -1.30. The second-order valence-electron chi connectivity index (χ2n) is 6.26. The molecule has 0 spiro atoms. The van der Waals surface area contributed by atoms with Crippen LogP contribution in [0.4, 0.5) is 4.79 Å². The van der Waals surface area contributed by atoms with Gasteiger partial charge in [0.2, 0.25) is 5.91 Å². The highest BCUT2D eigenvalue weighted by molar-refractivity contribution is 5.82. The predicted molar refractivity (Wildman–Crippen MR) is 68.1 cm³/mol. The van der Waals surface area contributed by atoms with E-state index in [0.29, 0.717) is 13.1 Å². The first-order valence-corrected chi connectivity index (χ1v) is 6.54. The van der Waals surface area contributed by atoms with Crippen LogP contribution in [-0.2, 0) is 14.4 Å². The molecule has 1 aliphatic carbocycles. The van der Waals surface area contributed by atoms with Gasteiger partial charge in [0, 0.05) is 20.1 Å². The Morgan fingerprint density at radius 1 is 1.21 bits per heavy atom. The van der Waals surface area contributed by atoms with Gasteiger partial charge >= 0.3 is 6.09 Å². The molecule has 6 heteroatoms. The second kappa shape index (κ2) is 4.67. The summed E-state index contributed by atoms with van der Waals surface area (Å²) in [5.74, 6) is 0.528. The van der Waals surface area contributed by atoms with Gasteiger partial charge < -0.3 is 9.64 Å². The number of fused-ring (bicyclic) bond motifs is 1. The third-order valence-electron chi connectivity index (χ3n) is 3.72. The van der Waals surface area contributed by atoms with Crippen LogP contribution in [0.15, 0.2) is 0 Å². The van der Waals surface area contributed by atoms with Gasteiger partial charge in [0.15, 0.2) is 0 Å². The number of carbonyl (C=O) groups excluding carboxylic acids is 2. The number of amides is 2. The summed E-state index contributed by atoms with van der Waals surface area (Å²) in [6, 6.07) is 0. The van der Waals surface area contributed by atoms with Gasteiger partial charge in [-0.3, -0.25) is 9.63 Å². The summed E-state index contributed by atoms with van der Waals surface area (Å²) in [4.78, 5) is 30.4. The van der Waals surface area contributed by atoms with Crippen molar-refractivity contribution in [3.8, 4) is 0 Å². The smallest absolute Gasteiger partial charge is 0.410 e. The van der Waals surface area contributed by atoms with Crippen molar-refractivity contribution in [1.29, 1.82) is 0 Å². The van der Waals surface area contributed by atoms with E-state index in [2.05, 4.69) is 0 Å². The van der Waals surface area contributed by atoms with Crippen LogP contribution in [0.5, 0.6) is 0 Å². The van der Waals surface area contributed by atoms with Crippen LogP contribution in [0.2, 0.25) is 0 Å². The maximum absolute atomic E-state index is 11.9. The van der Waals surface area contributed by atoms with Crippen molar-refractivity contribution in [1.82, 2.24) is 9.96 Å². The molecule has 3 atom stereocenters. The van der Waals surface area contributed by atoms with E-state index in [1.54, 1.807) is 11.9 Å². The molecule has 0 aromatic carbocycles. The lowest BCUT2D eigenvalue weighted by molar-refractivity contribution is -0.171. The molecule has 1 saturated heterocycles. The average Bonchev–Trinajstić information content (AvgIpc) is 2.78. The molecular formula is C13H22N2O4. The maximum atomic E-state index is 11.9. The fraction of sp³-hybridized carbons (Fsp3) is 0.846. The highest BCUT2D eigenvalue weighted by atomic mass is 16.7. The van der Waals surface area contributed by atoms with Gasteiger partial charge in [-0.2, -0.15) is 0 Å². The molecule has 6 nitrogen and oxygen atoms in total. The van der Waals surface area contributed by atoms with E-state index in [1.165, 1.54) is 12.2 Å². The zero-order chi connectivity index (χ0) is 14.4. The number of rotatable bonds is 2. The zero-order valence-corrected chi connectivity index (χ0v) is 12.2. The first kappa shape index (κ1) is 14.1. The molecule has 2 amide bonds. The molecule has 19 heavy (non-hydrogen) atoms. The monoisotopic (exact) mass is 270 g/mol. The number of piperidine rings is 1. The normalized spacial score (nSPS) is 28.9. The highest BCUT2D eigenvalue weighted by Gasteiger charge is 2.61. The molecular weight excluding hydrogens is 248 g/mol. The van der Waals surface area contributed by atoms with E-state index in [1.807, 2.05) is 20.8 Å². The van der Waals surface area contributed by atoms with Crippen molar-refractivity contribution in [2.24, 2.45) is 17.8 Å². The van der Waals surface area contributed by atoms with Crippen molar-refractivity contribution < 1.29 is 19.2 Å². The van der Waals surface area contributed by atoms with E-state index in [4.69, 9.17) is 9.57 Å². The number of carbonyl (C=O) groups is 2. The van der Waals surface area contributed by atoms with Crippen molar-refractivity contribution >= 4 is 12.0 Å². The summed E-state index contributed by atoms with van der Waals surface area (Å²) >= 11 is 0. The maximum Gasteiger partial charge on any atom is 0.410 e. The van der Waals surface area contributed by atoms with Gasteiger partial charge in [0.05, 0.1) is 13.0 Å². The summed E-state index contributed by atoms with van der Waals surface area (Å²) in [5, 5.41) is 1.26. The Balaban J connectivity index is 1.84. The Labute approximate surface area is 113 Å². The lowest BCUT2D eigenvalue weighted by atomic mass is 10.2. The fourth-order valence-corrected chi connectivity index (χ4v) is 2.67. The average molecular weight is 270 g/mol. The number of hydrogen-bond acceptors (Lipinski definition) is 4. The van der Waals surface area contributed by atoms with E-state index in [9.17, 15) is 9.59 Å². The van der Waals surface area contributed by atoms with Crippen molar-refractivity contribution in [2.75, 3.05) is 27.2 Å². The number of likely N-dealkylation sites (tertiary alicyclic amines) is 1. The molecule has 1 heterocycles. The van der Waals surface area contributed by atoms with E-state index < -0.39 is 5.60 Å². The number of nitrogens with zero attached hydrogens (tertiary/aromatic N) is 2. The first-order valence-electron chi connectivity index (χ1n) is 6.54. The minimum Gasteiger partial charge on any atom is -0.444 e. The van der Waals surface area contributed by atoms with E-state index in [0.717, 1.165) is 0 Å². The lowest BCUT2D eigenvalue weighted by Gasteiger charge is -2.26. The van der Waals surface area contributed by atoms with Crippen LogP contribution in [0.3, 0.4) is 0 Å². The summed E-state index contributed by atoms with van der Waals surface area (Å²) < 4.78 is 5.32. The Bertz CT molecular complexity index is 379. The molecule has 0 N–H and O–H groups in total. The van der Waals surface area contributed by atoms with Crippen LogP contribution in [0.25, 0.3) is 0 Å². The SMILES string of the molecule is CON(C)C(=O)[C@H]1[C@@H]2CN(C(=O)OC(C)(C)C)C[C@@H]21. The second-order valence-corrected chi connectivity index (χ2v) is 6.26. The van der Waals surface area contributed by atoms with Gasteiger partial charge in [-0.25, -0.2) is 9.86 Å². The summed E-state index contributed by atoms with van der Waals surface area (Å²) in [5.41, 5.74) is -0.477. The molecule has 0 aromatic heterocycles. The predicted octanol–water partition coefficient (Wildman–Crippen LogP) is 1.12. The summed E-state index contributed by atoms with van der Waals surface area (Å²) in [6.07, 6.45) is -0.286. The Kier molecular flexibility index (Phi) is 3.47. The van der Waals surface area contributed by atoms with Gasteiger partial charge in [-0.1, -0.05) is 0 Å². The fourth-order valence-electron chi connectivity index (χ4n) is 2.67. The Morgan fingerprint density at radius 2 is 1.74 bits per heavy atom. The van der Waals surface area contributed by atoms with Gasteiger partial charge in [0.1, 0.15) is 5.60 Å². The lowest BCUT2D eigenvalue weighted by Crippen LogP contribution is -2.38. The minimum atomic E-state index is -0.477. The molecule has 2 rings (SSSR count). The molecule has 0 unspecified atom stereocenters. The van der Waals surface area contributed by atoms with Crippen molar-refractivity contribution in [2.45, 2.75) is 26.4 Å². The number of hydroxylamine groups is 2. The molecule has 1 saturated carbocycles. The largest absolute Gasteiger partial charge is 0.444 e. The molecule has 0 aromatic rings. The molecule has 0 radical (unpaired) electrons.